The summed E-state index contributed by atoms with van der Waals surface area (Å²) >= 11 is 1.37. The Morgan fingerprint density at radius 2 is 2.17 bits per heavy atom. The number of hydrogen-bond acceptors (Lipinski definition) is 7. The summed E-state index contributed by atoms with van der Waals surface area (Å²) in [6.07, 6.45) is 3.87. The molecule has 3 heterocycles. The van der Waals surface area contributed by atoms with Gasteiger partial charge in [0.25, 0.3) is 0 Å². The molecule has 30 heavy (non-hydrogen) atoms. The Hall–Kier alpha value is -2.65. The number of hydrogen-bond donors (Lipinski definition) is 2. The van der Waals surface area contributed by atoms with Crippen molar-refractivity contribution in [3.8, 4) is 0 Å². The second-order valence-corrected chi connectivity index (χ2v) is 8.14. The number of carbonyl (C=O) groups excluding carboxylic acids is 3. The van der Waals surface area contributed by atoms with E-state index in [-0.39, 0.29) is 31.0 Å². The Labute approximate surface area is 179 Å². The molecule has 2 amide bonds. The molecule has 2 N–H and O–H groups in total. The van der Waals surface area contributed by atoms with Crippen LogP contribution < -0.4 is 10.6 Å². The van der Waals surface area contributed by atoms with Gasteiger partial charge >= 0.3 is 5.97 Å². The van der Waals surface area contributed by atoms with Crippen LogP contribution in [-0.4, -0.2) is 48.4 Å². The van der Waals surface area contributed by atoms with Crippen LogP contribution in [0.1, 0.15) is 47.7 Å². The van der Waals surface area contributed by atoms with E-state index in [9.17, 15) is 14.4 Å². The van der Waals surface area contributed by atoms with Crippen LogP contribution in [0, 0.1) is 0 Å². The molecule has 2 aromatic heterocycles. The van der Waals surface area contributed by atoms with Crippen molar-refractivity contribution >= 4 is 34.1 Å². The number of nitrogens with one attached hydrogen (secondary N) is 2. The minimum Gasteiger partial charge on any atom is -0.467 e. The fourth-order valence-corrected chi connectivity index (χ4v) is 4.44. The number of likely N-dealkylation sites (tertiary alicyclic amines) is 1. The number of rotatable bonds is 9. The highest BCUT2D eigenvalue weighted by Gasteiger charge is 2.32. The minimum atomic E-state index is -0.444. The van der Waals surface area contributed by atoms with Gasteiger partial charge in [-0.3, -0.25) is 14.5 Å². The highest BCUT2D eigenvalue weighted by Crippen LogP contribution is 2.29. The van der Waals surface area contributed by atoms with Gasteiger partial charge in [-0.1, -0.05) is 6.92 Å². The van der Waals surface area contributed by atoms with Gasteiger partial charge in [-0.25, -0.2) is 4.79 Å². The second-order valence-electron chi connectivity index (χ2n) is 7.00. The maximum atomic E-state index is 12.7. The standard InChI is InChI=1S/C21H27N3O5S/c1-3-15-11-16(21(27)28-4-2)20(30-15)23-18(25)13-24-9-5-8-17(24)19(26)22-12-14-7-6-10-29-14/h6-7,10-11,17H,3-5,8-9,12-13H2,1-2H3,(H,22,26)(H,23,25). The van der Waals surface area contributed by atoms with Crippen molar-refractivity contribution < 1.29 is 23.5 Å². The quantitative estimate of drug-likeness (QED) is 0.590. The topological polar surface area (TPSA) is 101 Å². The number of carbonyl (C=O) groups is 3. The molecule has 1 unspecified atom stereocenters. The predicted octanol–water partition coefficient (Wildman–Crippen LogP) is 2.80. The van der Waals surface area contributed by atoms with E-state index in [1.807, 2.05) is 11.8 Å². The Morgan fingerprint density at radius 3 is 2.87 bits per heavy atom. The number of furan rings is 1. The fraction of sp³-hybridized carbons (Fsp3) is 0.476. The van der Waals surface area contributed by atoms with Crippen LogP contribution in [-0.2, 0) is 27.3 Å². The van der Waals surface area contributed by atoms with E-state index < -0.39 is 5.97 Å². The molecule has 8 nitrogen and oxygen atoms in total. The maximum absolute atomic E-state index is 12.7. The van der Waals surface area contributed by atoms with Gasteiger partial charge in [0.2, 0.25) is 11.8 Å². The number of anilines is 1. The molecule has 0 bridgehead atoms. The lowest BCUT2D eigenvalue weighted by molar-refractivity contribution is -0.126. The number of nitrogens with zero attached hydrogens (tertiary/aromatic N) is 1. The van der Waals surface area contributed by atoms with Gasteiger partial charge < -0.3 is 19.8 Å². The monoisotopic (exact) mass is 433 g/mol. The average Bonchev–Trinajstić information content (AvgIpc) is 3.47. The molecule has 0 aromatic carbocycles. The summed E-state index contributed by atoms with van der Waals surface area (Å²) in [5, 5.41) is 6.19. The van der Waals surface area contributed by atoms with Gasteiger partial charge in [-0.2, -0.15) is 0 Å². The summed E-state index contributed by atoms with van der Waals surface area (Å²) in [6.45, 7) is 5.07. The van der Waals surface area contributed by atoms with Crippen molar-refractivity contribution in [2.24, 2.45) is 0 Å². The molecular formula is C21H27N3O5S. The lowest BCUT2D eigenvalue weighted by Gasteiger charge is -2.22. The number of esters is 1. The third-order valence-electron chi connectivity index (χ3n) is 4.91. The highest BCUT2D eigenvalue weighted by atomic mass is 32.1. The lowest BCUT2D eigenvalue weighted by atomic mass is 10.2. The highest BCUT2D eigenvalue weighted by molar-refractivity contribution is 7.16. The van der Waals surface area contributed by atoms with E-state index in [0.717, 1.165) is 17.7 Å². The molecule has 0 aliphatic carbocycles. The number of ether oxygens (including phenoxy) is 1. The van der Waals surface area contributed by atoms with Crippen LogP contribution in [0.5, 0.6) is 0 Å². The predicted molar refractivity (Wildman–Crippen MR) is 113 cm³/mol. The van der Waals surface area contributed by atoms with Crippen LogP contribution in [0.3, 0.4) is 0 Å². The zero-order valence-electron chi connectivity index (χ0n) is 17.2. The molecule has 162 valence electrons. The van der Waals surface area contributed by atoms with E-state index >= 15 is 0 Å². The molecule has 0 saturated carbocycles. The van der Waals surface area contributed by atoms with E-state index in [4.69, 9.17) is 9.15 Å². The molecule has 3 rings (SSSR count). The zero-order chi connectivity index (χ0) is 21.5. The number of aryl methyl sites for hydroxylation is 1. The van der Waals surface area contributed by atoms with Crippen molar-refractivity contribution in [1.29, 1.82) is 0 Å². The Morgan fingerprint density at radius 1 is 1.33 bits per heavy atom. The fourth-order valence-electron chi connectivity index (χ4n) is 3.44. The van der Waals surface area contributed by atoms with Gasteiger partial charge in [0.05, 0.1) is 37.6 Å². The first-order valence-electron chi connectivity index (χ1n) is 10.2. The summed E-state index contributed by atoms with van der Waals surface area (Å²) < 4.78 is 10.3. The first kappa shape index (κ1) is 22.0. The van der Waals surface area contributed by atoms with Crippen molar-refractivity contribution in [1.82, 2.24) is 10.2 Å². The molecule has 0 radical (unpaired) electrons. The van der Waals surface area contributed by atoms with Crippen LogP contribution in [0.4, 0.5) is 5.00 Å². The lowest BCUT2D eigenvalue weighted by Crippen LogP contribution is -2.45. The van der Waals surface area contributed by atoms with Crippen molar-refractivity contribution in [2.45, 2.75) is 45.7 Å². The molecule has 1 aliphatic heterocycles. The smallest absolute Gasteiger partial charge is 0.341 e. The number of amides is 2. The molecule has 9 heteroatoms. The molecule has 1 fully saturated rings. The molecule has 1 atom stereocenters. The Kier molecular flexibility index (Phi) is 7.64. The van der Waals surface area contributed by atoms with Crippen molar-refractivity contribution in [3.05, 3.63) is 40.7 Å². The van der Waals surface area contributed by atoms with Crippen LogP contribution in [0.15, 0.2) is 28.9 Å². The third kappa shape index (κ3) is 5.48. The molecule has 0 spiro atoms. The van der Waals surface area contributed by atoms with Crippen LogP contribution >= 0.6 is 11.3 Å². The van der Waals surface area contributed by atoms with Gasteiger partial charge in [0.1, 0.15) is 10.8 Å². The van der Waals surface area contributed by atoms with Gasteiger partial charge in [0, 0.05) is 4.88 Å². The molecule has 1 saturated heterocycles. The first-order chi connectivity index (χ1) is 14.5. The second kappa shape index (κ2) is 10.4. The third-order valence-corrected chi connectivity index (χ3v) is 6.10. The van der Waals surface area contributed by atoms with E-state index in [1.165, 1.54) is 11.3 Å². The van der Waals surface area contributed by atoms with E-state index in [2.05, 4.69) is 10.6 Å². The SMILES string of the molecule is CCOC(=O)c1cc(CC)sc1NC(=O)CN1CCCC1C(=O)NCc1ccco1. The summed E-state index contributed by atoms with van der Waals surface area (Å²) in [5.41, 5.74) is 0.376. The normalized spacial score (nSPS) is 16.4. The van der Waals surface area contributed by atoms with Crippen LogP contribution in [0.2, 0.25) is 0 Å². The zero-order valence-corrected chi connectivity index (χ0v) is 18.0. The van der Waals surface area contributed by atoms with E-state index in [1.54, 1.807) is 31.4 Å². The van der Waals surface area contributed by atoms with Gasteiger partial charge in [-0.05, 0) is 50.9 Å². The summed E-state index contributed by atoms with van der Waals surface area (Å²) in [6, 6.07) is 4.98. The number of thiophene rings is 1. The van der Waals surface area contributed by atoms with Gasteiger partial charge in [-0.15, -0.1) is 11.3 Å². The average molecular weight is 434 g/mol. The van der Waals surface area contributed by atoms with Gasteiger partial charge in [0.15, 0.2) is 0 Å². The van der Waals surface area contributed by atoms with Crippen LogP contribution in [0.25, 0.3) is 0 Å². The van der Waals surface area contributed by atoms with Crippen molar-refractivity contribution in [3.63, 3.8) is 0 Å². The molecule has 2 aromatic rings. The summed E-state index contributed by atoms with van der Waals surface area (Å²) in [4.78, 5) is 40.3. The summed E-state index contributed by atoms with van der Waals surface area (Å²) in [5.74, 6) is -0.134. The molecular weight excluding hydrogens is 406 g/mol. The minimum absolute atomic E-state index is 0.0838. The Balaban J connectivity index is 1.59. The maximum Gasteiger partial charge on any atom is 0.341 e. The largest absolute Gasteiger partial charge is 0.467 e. The Bertz CT molecular complexity index is 877. The first-order valence-corrected chi connectivity index (χ1v) is 11.0. The van der Waals surface area contributed by atoms with Crippen molar-refractivity contribution in [2.75, 3.05) is 25.0 Å². The summed E-state index contributed by atoms with van der Waals surface area (Å²) in [7, 11) is 0. The molecule has 1 aliphatic rings. The van der Waals surface area contributed by atoms with E-state index in [0.29, 0.717) is 35.8 Å².